The maximum atomic E-state index is 5.96. The van der Waals surface area contributed by atoms with Crippen molar-refractivity contribution in [3.8, 4) is 0 Å². The number of hydrogen-bond donors (Lipinski definition) is 1. The molecule has 3 nitrogen and oxygen atoms in total. The summed E-state index contributed by atoms with van der Waals surface area (Å²) >= 11 is 5.96. The number of hydrogen-bond acceptors (Lipinski definition) is 3. The number of hydrazone groups is 1. The molecule has 0 aliphatic heterocycles. The lowest BCUT2D eigenvalue weighted by atomic mass is 10.3. The quantitative estimate of drug-likeness (QED) is 0.651. The molecule has 1 aromatic heterocycles. The third-order valence-electron chi connectivity index (χ3n) is 1.98. The summed E-state index contributed by atoms with van der Waals surface area (Å²) in [5.74, 6) is 0. The molecule has 0 amide bonds. The van der Waals surface area contributed by atoms with Gasteiger partial charge in [0.05, 0.1) is 16.9 Å². The zero-order valence-corrected chi connectivity index (χ0v) is 9.22. The van der Waals surface area contributed by atoms with Crippen molar-refractivity contribution in [2.24, 2.45) is 5.10 Å². The van der Waals surface area contributed by atoms with Crippen LogP contribution in [0, 0.1) is 0 Å². The molecular formula is C12H10ClN3. The van der Waals surface area contributed by atoms with Gasteiger partial charge in [-0.05, 0) is 29.8 Å². The van der Waals surface area contributed by atoms with Crippen LogP contribution in [0.1, 0.15) is 5.56 Å². The highest BCUT2D eigenvalue weighted by molar-refractivity contribution is 6.33. The monoisotopic (exact) mass is 231 g/mol. The van der Waals surface area contributed by atoms with Crippen LogP contribution in [-0.2, 0) is 0 Å². The van der Waals surface area contributed by atoms with Crippen LogP contribution in [0.5, 0.6) is 0 Å². The van der Waals surface area contributed by atoms with Crippen LogP contribution in [0.4, 0.5) is 5.69 Å². The van der Waals surface area contributed by atoms with Gasteiger partial charge in [-0.25, -0.2) is 0 Å². The molecule has 4 heteroatoms. The summed E-state index contributed by atoms with van der Waals surface area (Å²) < 4.78 is 0. The molecule has 0 saturated heterocycles. The van der Waals surface area contributed by atoms with Crippen LogP contribution in [0.3, 0.4) is 0 Å². The number of pyridine rings is 1. The van der Waals surface area contributed by atoms with E-state index in [9.17, 15) is 0 Å². The molecule has 0 spiro atoms. The second kappa shape index (κ2) is 5.28. The minimum atomic E-state index is 0.648. The molecule has 2 rings (SSSR count). The molecule has 0 unspecified atom stereocenters. The van der Waals surface area contributed by atoms with E-state index in [0.717, 1.165) is 11.3 Å². The lowest BCUT2D eigenvalue weighted by Gasteiger charge is -2.01. The van der Waals surface area contributed by atoms with E-state index >= 15 is 0 Å². The fourth-order valence-electron chi connectivity index (χ4n) is 1.18. The van der Waals surface area contributed by atoms with Gasteiger partial charge in [0.2, 0.25) is 0 Å². The Hall–Kier alpha value is -1.87. The molecule has 0 bridgehead atoms. The van der Waals surface area contributed by atoms with Crippen molar-refractivity contribution < 1.29 is 0 Å². The van der Waals surface area contributed by atoms with E-state index in [0.29, 0.717) is 5.02 Å². The number of rotatable bonds is 3. The zero-order chi connectivity index (χ0) is 11.2. The van der Waals surface area contributed by atoms with E-state index in [4.69, 9.17) is 11.6 Å². The van der Waals surface area contributed by atoms with Crippen LogP contribution < -0.4 is 5.43 Å². The third-order valence-corrected chi connectivity index (χ3v) is 2.31. The zero-order valence-electron chi connectivity index (χ0n) is 8.47. The Morgan fingerprint density at radius 3 is 2.62 bits per heavy atom. The number of aromatic nitrogens is 1. The van der Waals surface area contributed by atoms with Crippen LogP contribution >= 0.6 is 11.6 Å². The molecule has 80 valence electrons. The lowest BCUT2D eigenvalue weighted by molar-refractivity contribution is 1.31. The summed E-state index contributed by atoms with van der Waals surface area (Å²) in [7, 11) is 0. The Bertz CT molecular complexity index is 483. The average molecular weight is 232 g/mol. The van der Waals surface area contributed by atoms with Crippen molar-refractivity contribution in [3.63, 3.8) is 0 Å². The molecule has 1 heterocycles. The normalized spacial score (nSPS) is 10.6. The van der Waals surface area contributed by atoms with Gasteiger partial charge in [-0.15, -0.1) is 0 Å². The van der Waals surface area contributed by atoms with Crippen LogP contribution in [0.25, 0.3) is 0 Å². The smallest absolute Gasteiger partial charge is 0.0748 e. The fourth-order valence-corrected chi connectivity index (χ4v) is 1.36. The minimum absolute atomic E-state index is 0.648. The van der Waals surface area contributed by atoms with Gasteiger partial charge in [-0.3, -0.25) is 10.4 Å². The van der Waals surface area contributed by atoms with E-state index in [1.807, 2.05) is 36.4 Å². The molecule has 1 aromatic carbocycles. The Morgan fingerprint density at radius 2 is 1.88 bits per heavy atom. The summed E-state index contributed by atoms with van der Waals surface area (Å²) in [6, 6.07) is 11.2. The maximum absolute atomic E-state index is 5.96. The fraction of sp³-hybridized carbons (Fsp3) is 0. The van der Waals surface area contributed by atoms with Gasteiger partial charge in [0.1, 0.15) is 0 Å². The lowest BCUT2D eigenvalue weighted by Crippen LogP contribution is -1.91. The minimum Gasteiger partial charge on any atom is -0.277 e. The second-order valence-corrected chi connectivity index (χ2v) is 3.54. The maximum Gasteiger partial charge on any atom is 0.0748 e. The van der Waals surface area contributed by atoms with E-state index in [-0.39, 0.29) is 0 Å². The number of nitrogens with one attached hydrogen (secondary N) is 1. The number of nitrogens with zero attached hydrogens (tertiary/aromatic N) is 2. The molecular weight excluding hydrogens is 222 g/mol. The first kappa shape index (κ1) is 10.6. The molecule has 0 aliphatic rings. The number of benzene rings is 1. The van der Waals surface area contributed by atoms with Gasteiger partial charge in [-0.2, -0.15) is 5.10 Å². The Kier molecular flexibility index (Phi) is 3.51. The molecule has 0 atom stereocenters. The van der Waals surface area contributed by atoms with Gasteiger partial charge in [0.15, 0.2) is 0 Å². The predicted molar refractivity (Wildman–Crippen MR) is 66.9 cm³/mol. The first-order chi connectivity index (χ1) is 7.86. The predicted octanol–water partition coefficient (Wildman–Crippen LogP) is 3.18. The van der Waals surface area contributed by atoms with E-state index in [1.165, 1.54) is 0 Å². The molecule has 0 saturated carbocycles. The topological polar surface area (TPSA) is 37.3 Å². The molecule has 0 radical (unpaired) electrons. The summed E-state index contributed by atoms with van der Waals surface area (Å²) in [4.78, 5) is 3.92. The standard InChI is InChI=1S/C12H10ClN3/c13-11-3-1-2-4-12(11)16-15-9-10-5-7-14-8-6-10/h1-9,16H. The van der Waals surface area contributed by atoms with Crippen molar-refractivity contribution in [1.82, 2.24) is 4.98 Å². The van der Waals surface area contributed by atoms with Gasteiger partial charge in [-0.1, -0.05) is 23.7 Å². The van der Waals surface area contributed by atoms with Crippen molar-refractivity contribution >= 4 is 23.5 Å². The van der Waals surface area contributed by atoms with E-state index in [2.05, 4.69) is 15.5 Å². The molecule has 0 fully saturated rings. The second-order valence-electron chi connectivity index (χ2n) is 3.13. The van der Waals surface area contributed by atoms with E-state index < -0.39 is 0 Å². The van der Waals surface area contributed by atoms with Crippen LogP contribution in [0.15, 0.2) is 53.9 Å². The van der Waals surface area contributed by atoms with Gasteiger partial charge < -0.3 is 0 Å². The molecule has 0 aliphatic carbocycles. The third kappa shape index (κ3) is 2.81. The highest BCUT2D eigenvalue weighted by Crippen LogP contribution is 2.19. The number of halogens is 1. The summed E-state index contributed by atoms with van der Waals surface area (Å²) in [5, 5.41) is 4.73. The van der Waals surface area contributed by atoms with Crippen molar-refractivity contribution in [2.75, 3.05) is 5.43 Å². The number of anilines is 1. The Balaban J connectivity index is 2.03. The highest BCUT2D eigenvalue weighted by Gasteiger charge is 1.94. The first-order valence-electron chi connectivity index (χ1n) is 4.80. The van der Waals surface area contributed by atoms with Crippen molar-refractivity contribution in [1.29, 1.82) is 0 Å². The molecule has 1 N–H and O–H groups in total. The number of para-hydroxylation sites is 1. The van der Waals surface area contributed by atoms with E-state index in [1.54, 1.807) is 18.6 Å². The summed E-state index contributed by atoms with van der Waals surface area (Å²) in [6.07, 6.45) is 5.15. The van der Waals surface area contributed by atoms with Crippen molar-refractivity contribution in [3.05, 3.63) is 59.4 Å². The highest BCUT2D eigenvalue weighted by atomic mass is 35.5. The largest absolute Gasteiger partial charge is 0.277 e. The molecule has 2 aromatic rings. The Labute approximate surface area is 98.8 Å². The molecule has 16 heavy (non-hydrogen) atoms. The summed E-state index contributed by atoms with van der Waals surface area (Å²) in [5.41, 5.74) is 4.65. The first-order valence-corrected chi connectivity index (χ1v) is 5.18. The van der Waals surface area contributed by atoms with Crippen molar-refractivity contribution in [2.45, 2.75) is 0 Å². The van der Waals surface area contributed by atoms with Gasteiger partial charge >= 0.3 is 0 Å². The van der Waals surface area contributed by atoms with Gasteiger partial charge in [0.25, 0.3) is 0 Å². The van der Waals surface area contributed by atoms with Gasteiger partial charge in [0, 0.05) is 12.4 Å². The SMILES string of the molecule is Clc1ccccc1NN=Cc1ccncc1. The Morgan fingerprint density at radius 1 is 1.12 bits per heavy atom. The summed E-state index contributed by atoms with van der Waals surface area (Å²) in [6.45, 7) is 0. The van der Waals surface area contributed by atoms with Crippen LogP contribution in [0.2, 0.25) is 5.02 Å². The van der Waals surface area contributed by atoms with Crippen LogP contribution in [-0.4, -0.2) is 11.2 Å². The average Bonchev–Trinajstić information content (AvgIpc) is 2.33.